The lowest BCUT2D eigenvalue weighted by Gasteiger charge is -2.09. The molecule has 0 aliphatic carbocycles. The van der Waals surface area contributed by atoms with Crippen LogP contribution in [-0.4, -0.2) is 24.2 Å². The van der Waals surface area contributed by atoms with E-state index in [-0.39, 0.29) is 0 Å². The molecule has 0 bridgehead atoms. The van der Waals surface area contributed by atoms with Crippen LogP contribution >= 0.6 is 11.8 Å². The lowest BCUT2D eigenvalue weighted by molar-refractivity contribution is 0.491. The predicted molar refractivity (Wildman–Crippen MR) is 43.5 cm³/mol. The van der Waals surface area contributed by atoms with Gasteiger partial charge in [-0.25, -0.2) is 0 Å². The summed E-state index contributed by atoms with van der Waals surface area (Å²) in [6.07, 6.45) is 3.45. The minimum Gasteiger partial charge on any atom is -0.369 e. The summed E-state index contributed by atoms with van der Waals surface area (Å²) in [7, 11) is 2.15. The van der Waals surface area contributed by atoms with E-state index < -0.39 is 0 Å². The molecule has 0 aromatic heterocycles. The van der Waals surface area contributed by atoms with Gasteiger partial charge in [0.25, 0.3) is 0 Å². The van der Waals surface area contributed by atoms with E-state index in [1.165, 1.54) is 17.3 Å². The smallest absolute Gasteiger partial charge is 0.0664 e. The van der Waals surface area contributed by atoms with Crippen molar-refractivity contribution in [2.24, 2.45) is 0 Å². The first-order valence-corrected chi connectivity index (χ1v) is 4.37. The monoisotopic (exact) mass is 143 g/mol. The Morgan fingerprint density at radius 1 is 1.78 bits per heavy atom. The van der Waals surface area contributed by atoms with Crippen LogP contribution in [0.5, 0.6) is 0 Å². The second-order valence-electron chi connectivity index (χ2n) is 2.22. The molecule has 1 nitrogen and oxygen atoms in total. The highest BCUT2D eigenvalue weighted by atomic mass is 32.2. The van der Waals surface area contributed by atoms with Gasteiger partial charge >= 0.3 is 0 Å². The van der Waals surface area contributed by atoms with Gasteiger partial charge in [0, 0.05) is 19.3 Å². The average Bonchev–Trinajstić information content (AvgIpc) is 2.18. The summed E-state index contributed by atoms with van der Waals surface area (Å²) in [5.74, 6) is 1.27. The Labute approximate surface area is 61.1 Å². The molecule has 0 radical (unpaired) electrons. The molecule has 1 aliphatic heterocycles. The molecule has 2 heteroatoms. The third-order valence-electron chi connectivity index (χ3n) is 1.43. The van der Waals surface area contributed by atoms with Gasteiger partial charge in [0.2, 0.25) is 0 Å². The first-order chi connectivity index (χ1) is 4.34. The lowest BCUT2D eigenvalue weighted by Crippen LogP contribution is -2.10. The summed E-state index contributed by atoms with van der Waals surface area (Å²) in [6, 6.07) is 0. The highest BCUT2D eigenvalue weighted by molar-refractivity contribution is 8.03. The van der Waals surface area contributed by atoms with Crippen LogP contribution in [0, 0.1) is 0 Å². The Kier molecular flexibility index (Phi) is 2.46. The summed E-state index contributed by atoms with van der Waals surface area (Å²) in [5, 5.41) is 1.46. The van der Waals surface area contributed by atoms with Gasteiger partial charge in [-0.3, -0.25) is 0 Å². The molecule has 0 atom stereocenters. The fraction of sp³-hybridized carbons (Fsp3) is 0.714. The quantitative estimate of drug-likeness (QED) is 0.551. The Morgan fingerprint density at radius 2 is 2.56 bits per heavy atom. The molecule has 1 rings (SSSR count). The summed E-state index contributed by atoms with van der Waals surface area (Å²) in [5.41, 5.74) is 0. The van der Waals surface area contributed by atoms with E-state index in [2.05, 4.69) is 24.9 Å². The third-order valence-corrected chi connectivity index (χ3v) is 2.59. The van der Waals surface area contributed by atoms with Gasteiger partial charge in [0.15, 0.2) is 0 Å². The van der Waals surface area contributed by atoms with Gasteiger partial charge in [-0.15, -0.1) is 11.8 Å². The SMILES string of the molecule is CC/C=C1\SCCN1C. The van der Waals surface area contributed by atoms with E-state index in [0.29, 0.717) is 0 Å². The van der Waals surface area contributed by atoms with Crippen molar-refractivity contribution in [2.75, 3.05) is 19.3 Å². The number of thioether (sulfide) groups is 1. The van der Waals surface area contributed by atoms with Gasteiger partial charge in [0.05, 0.1) is 5.03 Å². The van der Waals surface area contributed by atoms with E-state index in [4.69, 9.17) is 0 Å². The maximum atomic E-state index is 2.31. The van der Waals surface area contributed by atoms with Gasteiger partial charge < -0.3 is 4.90 Å². The van der Waals surface area contributed by atoms with E-state index >= 15 is 0 Å². The van der Waals surface area contributed by atoms with Gasteiger partial charge in [-0.05, 0) is 6.42 Å². The molecule has 0 saturated carbocycles. The van der Waals surface area contributed by atoms with Crippen molar-refractivity contribution < 1.29 is 0 Å². The Balaban J connectivity index is 2.48. The highest BCUT2D eigenvalue weighted by Crippen LogP contribution is 2.25. The zero-order chi connectivity index (χ0) is 6.69. The van der Waals surface area contributed by atoms with E-state index in [0.717, 1.165) is 6.42 Å². The first kappa shape index (κ1) is 7.00. The summed E-state index contributed by atoms with van der Waals surface area (Å²) < 4.78 is 0. The Morgan fingerprint density at radius 3 is 3.00 bits per heavy atom. The number of hydrogen-bond acceptors (Lipinski definition) is 2. The van der Waals surface area contributed by atoms with Gasteiger partial charge in [0.1, 0.15) is 0 Å². The topological polar surface area (TPSA) is 3.24 Å². The van der Waals surface area contributed by atoms with Crippen molar-refractivity contribution in [2.45, 2.75) is 13.3 Å². The number of nitrogens with zero attached hydrogens (tertiary/aromatic N) is 1. The van der Waals surface area contributed by atoms with Crippen LogP contribution in [0.3, 0.4) is 0 Å². The van der Waals surface area contributed by atoms with E-state index in [1.54, 1.807) is 0 Å². The molecular formula is C7H13NS. The molecule has 0 aromatic rings. The second-order valence-corrected chi connectivity index (χ2v) is 3.34. The van der Waals surface area contributed by atoms with Crippen LogP contribution in [-0.2, 0) is 0 Å². The molecular weight excluding hydrogens is 130 g/mol. The largest absolute Gasteiger partial charge is 0.369 e. The fourth-order valence-electron chi connectivity index (χ4n) is 0.897. The van der Waals surface area contributed by atoms with E-state index in [1.807, 2.05) is 11.8 Å². The third kappa shape index (κ3) is 1.65. The summed E-state index contributed by atoms with van der Waals surface area (Å²) in [6.45, 7) is 3.40. The van der Waals surface area contributed by atoms with Crippen molar-refractivity contribution in [1.29, 1.82) is 0 Å². The molecule has 0 aromatic carbocycles. The van der Waals surface area contributed by atoms with Crippen molar-refractivity contribution in [1.82, 2.24) is 4.90 Å². The number of hydrogen-bond donors (Lipinski definition) is 0. The first-order valence-electron chi connectivity index (χ1n) is 3.38. The molecule has 1 fully saturated rings. The standard InChI is InChI=1S/C7H13NS/c1-3-4-7-8(2)5-6-9-7/h4H,3,5-6H2,1-2H3/b7-4-. The maximum Gasteiger partial charge on any atom is 0.0664 e. The van der Waals surface area contributed by atoms with E-state index in [9.17, 15) is 0 Å². The second kappa shape index (κ2) is 3.16. The van der Waals surface area contributed by atoms with Crippen LogP contribution in [0.4, 0.5) is 0 Å². The molecule has 0 amide bonds. The molecule has 1 heterocycles. The Bertz CT molecular complexity index is 120. The molecule has 52 valence electrons. The molecule has 0 N–H and O–H groups in total. The fourth-order valence-corrected chi connectivity index (χ4v) is 2.07. The van der Waals surface area contributed by atoms with Crippen LogP contribution in [0.1, 0.15) is 13.3 Å². The van der Waals surface area contributed by atoms with Gasteiger partial charge in [-0.2, -0.15) is 0 Å². The van der Waals surface area contributed by atoms with Crippen molar-refractivity contribution >= 4 is 11.8 Å². The van der Waals surface area contributed by atoms with Crippen LogP contribution in [0.15, 0.2) is 11.1 Å². The molecule has 1 aliphatic rings. The Hall–Kier alpha value is -0.110. The normalized spacial score (nSPS) is 23.8. The zero-order valence-corrected chi connectivity index (χ0v) is 6.87. The van der Waals surface area contributed by atoms with Crippen LogP contribution in [0.25, 0.3) is 0 Å². The average molecular weight is 143 g/mol. The van der Waals surface area contributed by atoms with Crippen molar-refractivity contribution in [3.05, 3.63) is 11.1 Å². The van der Waals surface area contributed by atoms with Crippen LogP contribution in [0.2, 0.25) is 0 Å². The molecule has 0 unspecified atom stereocenters. The highest BCUT2D eigenvalue weighted by Gasteiger charge is 2.11. The van der Waals surface area contributed by atoms with Crippen molar-refractivity contribution in [3.63, 3.8) is 0 Å². The minimum absolute atomic E-state index is 1.16. The molecule has 1 saturated heterocycles. The number of allylic oxidation sites excluding steroid dienone is 1. The van der Waals surface area contributed by atoms with Crippen LogP contribution < -0.4 is 0 Å². The van der Waals surface area contributed by atoms with Crippen molar-refractivity contribution in [3.8, 4) is 0 Å². The van der Waals surface area contributed by atoms with Gasteiger partial charge in [-0.1, -0.05) is 13.0 Å². The predicted octanol–water partition coefficient (Wildman–Crippen LogP) is 1.92. The summed E-state index contributed by atoms with van der Waals surface area (Å²) in [4.78, 5) is 2.31. The zero-order valence-electron chi connectivity index (χ0n) is 6.05. The summed E-state index contributed by atoms with van der Waals surface area (Å²) >= 11 is 1.96. The lowest BCUT2D eigenvalue weighted by atomic mass is 10.4. The molecule has 0 spiro atoms. The minimum atomic E-state index is 1.16. The molecule has 9 heavy (non-hydrogen) atoms. The maximum absolute atomic E-state index is 2.31. The number of rotatable bonds is 1.